The van der Waals surface area contributed by atoms with Crippen LogP contribution in [0.1, 0.15) is 28.8 Å². The maximum absolute atomic E-state index is 12.9. The van der Waals surface area contributed by atoms with Crippen LogP contribution < -0.4 is 15.0 Å². The maximum Gasteiger partial charge on any atom is 0.289 e. The fourth-order valence-electron chi connectivity index (χ4n) is 3.08. The zero-order chi connectivity index (χ0) is 19.5. The van der Waals surface area contributed by atoms with E-state index in [9.17, 15) is 9.59 Å². The molecule has 1 amide bonds. The third kappa shape index (κ3) is 3.64. The Balaban J connectivity index is 1.47. The summed E-state index contributed by atoms with van der Waals surface area (Å²) >= 11 is 0. The Morgan fingerprint density at radius 2 is 1.96 bits per heavy atom. The van der Waals surface area contributed by atoms with E-state index in [1.165, 1.54) is 10.6 Å². The average Bonchev–Trinajstić information content (AvgIpc) is 3.36. The third-order valence-electron chi connectivity index (χ3n) is 4.58. The summed E-state index contributed by atoms with van der Waals surface area (Å²) in [5, 5.41) is 0. The van der Waals surface area contributed by atoms with Gasteiger partial charge in [0.05, 0.1) is 6.54 Å². The molecule has 7 heteroatoms. The summed E-state index contributed by atoms with van der Waals surface area (Å²) in [5.74, 6) is 2.00. The van der Waals surface area contributed by atoms with Crippen LogP contribution >= 0.6 is 0 Å². The second-order valence-corrected chi connectivity index (χ2v) is 6.44. The van der Waals surface area contributed by atoms with Gasteiger partial charge >= 0.3 is 0 Å². The molecule has 3 heterocycles. The van der Waals surface area contributed by atoms with E-state index in [1.807, 2.05) is 25.1 Å². The van der Waals surface area contributed by atoms with Gasteiger partial charge < -0.3 is 23.4 Å². The summed E-state index contributed by atoms with van der Waals surface area (Å²) in [6.45, 7) is 3.37. The van der Waals surface area contributed by atoms with Gasteiger partial charge in [-0.25, -0.2) is 0 Å². The summed E-state index contributed by atoms with van der Waals surface area (Å²) in [6, 6.07) is 14.0. The van der Waals surface area contributed by atoms with Crippen LogP contribution in [0.5, 0.6) is 11.5 Å². The Bertz CT molecular complexity index is 1050. The monoisotopic (exact) mass is 380 g/mol. The van der Waals surface area contributed by atoms with Crippen LogP contribution in [0.4, 0.5) is 0 Å². The Morgan fingerprint density at radius 3 is 2.79 bits per heavy atom. The molecule has 0 saturated heterocycles. The third-order valence-corrected chi connectivity index (χ3v) is 4.58. The number of nitrogens with zero attached hydrogens (tertiary/aromatic N) is 2. The van der Waals surface area contributed by atoms with Gasteiger partial charge in [-0.05, 0) is 42.8 Å². The van der Waals surface area contributed by atoms with E-state index < -0.39 is 0 Å². The first-order valence-electron chi connectivity index (χ1n) is 9.06. The van der Waals surface area contributed by atoms with Gasteiger partial charge in [-0.2, -0.15) is 0 Å². The Hall–Kier alpha value is -3.48. The van der Waals surface area contributed by atoms with Crippen LogP contribution in [-0.4, -0.2) is 28.7 Å². The van der Waals surface area contributed by atoms with Crippen LogP contribution in [0.15, 0.2) is 63.9 Å². The van der Waals surface area contributed by atoms with E-state index in [4.69, 9.17) is 13.9 Å². The molecule has 2 aromatic heterocycles. The zero-order valence-corrected chi connectivity index (χ0v) is 15.5. The lowest BCUT2D eigenvalue weighted by molar-refractivity contribution is 0.0718. The molecule has 7 nitrogen and oxygen atoms in total. The molecule has 0 aliphatic carbocycles. The van der Waals surface area contributed by atoms with Crippen molar-refractivity contribution < 1.29 is 18.7 Å². The molecule has 1 aromatic carbocycles. The Morgan fingerprint density at radius 1 is 1.11 bits per heavy atom. The van der Waals surface area contributed by atoms with Crippen molar-refractivity contribution >= 4 is 5.91 Å². The number of hydrogen-bond donors (Lipinski definition) is 0. The molecular formula is C21H20N2O5. The predicted molar refractivity (Wildman–Crippen MR) is 101 cm³/mol. The molecule has 0 N–H and O–H groups in total. The number of carbonyl (C=O) groups is 1. The minimum Gasteiger partial charge on any atom is -0.454 e. The van der Waals surface area contributed by atoms with Crippen molar-refractivity contribution in [1.29, 1.82) is 0 Å². The summed E-state index contributed by atoms with van der Waals surface area (Å²) in [5.41, 5.74) is 0.826. The van der Waals surface area contributed by atoms with Crippen molar-refractivity contribution in [3.05, 3.63) is 82.2 Å². The van der Waals surface area contributed by atoms with Gasteiger partial charge in [-0.3, -0.25) is 9.59 Å². The minimum atomic E-state index is -0.202. The minimum absolute atomic E-state index is 0.121. The van der Waals surface area contributed by atoms with Crippen LogP contribution in [0, 0.1) is 0 Å². The fraction of sp³-hybridized carbons (Fsp3) is 0.238. The molecule has 0 atom stereocenters. The highest BCUT2D eigenvalue weighted by Gasteiger charge is 2.20. The number of amides is 1. The van der Waals surface area contributed by atoms with Crippen LogP contribution in [-0.2, 0) is 13.1 Å². The van der Waals surface area contributed by atoms with Crippen LogP contribution in [0.2, 0.25) is 0 Å². The van der Waals surface area contributed by atoms with Gasteiger partial charge in [0.2, 0.25) is 6.79 Å². The highest BCUT2D eigenvalue weighted by Crippen LogP contribution is 2.32. The Kier molecular flexibility index (Phi) is 4.89. The lowest BCUT2D eigenvalue weighted by atomic mass is 10.2. The smallest absolute Gasteiger partial charge is 0.289 e. The quantitative estimate of drug-likeness (QED) is 0.657. The van der Waals surface area contributed by atoms with Gasteiger partial charge in [0.1, 0.15) is 5.76 Å². The number of ether oxygens (including phenoxy) is 2. The SMILES string of the molecule is CCN(Cc1ccc2c(c1)OCO2)C(=O)c1ccc(Cn2ccccc2=O)o1. The van der Waals surface area contributed by atoms with E-state index in [0.717, 1.165) is 5.56 Å². The van der Waals surface area contributed by atoms with Crippen molar-refractivity contribution in [1.82, 2.24) is 9.47 Å². The molecule has 1 aliphatic heterocycles. The largest absolute Gasteiger partial charge is 0.454 e. The van der Waals surface area contributed by atoms with E-state index >= 15 is 0 Å². The molecule has 1 aliphatic rings. The molecule has 0 fully saturated rings. The number of rotatable bonds is 6. The van der Waals surface area contributed by atoms with Crippen molar-refractivity contribution in [3.63, 3.8) is 0 Å². The number of pyridine rings is 1. The summed E-state index contributed by atoms with van der Waals surface area (Å²) in [7, 11) is 0. The number of carbonyl (C=O) groups excluding carboxylic acids is 1. The van der Waals surface area contributed by atoms with Crippen molar-refractivity contribution in [2.24, 2.45) is 0 Å². The number of benzene rings is 1. The fourth-order valence-corrected chi connectivity index (χ4v) is 3.08. The molecule has 0 unspecified atom stereocenters. The van der Waals surface area contributed by atoms with Crippen molar-refractivity contribution in [2.45, 2.75) is 20.0 Å². The zero-order valence-electron chi connectivity index (χ0n) is 15.5. The lowest BCUT2D eigenvalue weighted by Crippen LogP contribution is -2.30. The molecule has 0 bridgehead atoms. The normalized spacial score (nSPS) is 12.2. The van der Waals surface area contributed by atoms with Crippen molar-refractivity contribution in [2.75, 3.05) is 13.3 Å². The predicted octanol–water partition coefficient (Wildman–Crippen LogP) is 2.88. The van der Waals surface area contributed by atoms with E-state index in [0.29, 0.717) is 30.3 Å². The van der Waals surface area contributed by atoms with Gasteiger partial charge in [0, 0.05) is 25.4 Å². The number of furan rings is 1. The van der Waals surface area contributed by atoms with Gasteiger partial charge in [0.15, 0.2) is 17.3 Å². The molecule has 3 aromatic rings. The second kappa shape index (κ2) is 7.64. The molecule has 28 heavy (non-hydrogen) atoms. The first-order valence-corrected chi connectivity index (χ1v) is 9.06. The number of aromatic nitrogens is 1. The lowest BCUT2D eigenvalue weighted by Gasteiger charge is -2.20. The van der Waals surface area contributed by atoms with Crippen LogP contribution in [0.3, 0.4) is 0 Å². The highest BCUT2D eigenvalue weighted by molar-refractivity contribution is 5.91. The standard InChI is InChI=1S/C21H20N2O5/c1-2-22(12-15-6-8-17-19(11-15)27-14-26-17)21(25)18-9-7-16(28-18)13-23-10-4-3-5-20(23)24/h3-11H,2,12-14H2,1H3. The van der Waals surface area contributed by atoms with E-state index in [1.54, 1.807) is 35.4 Å². The number of fused-ring (bicyclic) bond motifs is 1. The second-order valence-electron chi connectivity index (χ2n) is 6.44. The van der Waals surface area contributed by atoms with Gasteiger partial charge in [-0.1, -0.05) is 12.1 Å². The maximum atomic E-state index is 12.9. The first-order chi connectivity index (χ1) is 13.6. The van der Waals surface area contributed by atoms with E-state index in [-0.39, 0.29) is 30.6 Å². The molecular weight excluding hydrogens is 360 g/mol. The molecule has 0 saturated carbocycles. The molecule has 0 spiro atoms. The molecule has 144 valence electrons. The topological polar surface area (TPSA) is 73.9 Å². The molecule has 4 rings (SSSR count). The molecule has 0 radical (unpaired) electrons. The Labute approximate surface area is 161 Å². The summed E-state index contributed by atoms with van der Waals surface area (Å²) in [4.78, 5) is 26.4. The summed E-state index contributed by atoms with van der Waals surface area (Å²) in [6.07, 6.45) is 1.68. The van der Waals surface area contributed by atoms with E-state index in [2.05, 4.69) is 0 Å². The number of hydrogen-bond acceptors (Lipinski definition) is 5. The first kappa shape index (κ1) is 17.9. The van der Waals surface area contributed by atoms with Crippen molar-refractivity contribution in [3.8, 4) is 11.5 Å². The van der Waals surface area contributed by atoms with Gasteiger partial charge in [-0.15, -0.1) is 0 Å². The van der Waals surface area contributed by atoms with Gasteiger partial charge in [0.25, 0.3) is 11.5 Å². The van der Waals surface area contributed by atoms with Crippen LogP contribution in [0.25, 0.3) is 0 Å². The average molecular weight is 380 g/mol. The summed E-state index contributed by atoms with van der Waals surface area (Å²) < 4.78 is 17.9. The highest BCUT2D eigenvalue weighted by atomic mass is 16.7.